The molecule has 7 aromatic carbocycles. The summed E-state index contributed by atoms with van der Waals surface area (Å²) in [6, 6.07) is 49.9. The average Bonchev–Trinajstić information content (AvgIpc) is 3.65. The van der Waals surface area contributed by atoms with Crippen molar-refractivity contribution in [3.63, 3.8) is 0 Å². The molecule has 9 aromatic rings. The lowest BCUT2D eigenvalue weighted by molar-refractivity contribution is 0.750. The van der Waals surface area contributed by atoms with E-state index < -0.39 is 5.41 Å². The van der Waals surface area contributed by atoms with Crippen LogP contribution in [0.5, 0.6) is 0 Å². The van der Waals surface area contributed by atoms with Gasteiger partial charge in [0.1, 0.15) is 12.1 Å². The fourth-order valence-corrected chi connectivity index (χ4v) is 8.99. The predicted octanol–water partition coefficient (Wildman–Crippen LogP) is 9.45. The van der Waals surface area contributed by atoms with Crippen molar-refractivity contribution < 1.29 is 0 Å². The third kappa shape index (κ3) is 2.75. The van der Waals surface area contributed by atoms with Crippen molar-refractivity contribution in [3.05, 3.63) is 161 Å². The number of nitrogens with zero attached hydrogens (tertiary/aromatic N) is 5. The van der Waals surface area contributed by atoms with Crippen LogP contribution in [0.25, 0.3) is 71.2 Å². The first-order chi connectivity index (χ1) is 23.8. The maximum atomic E-state index is 10.1. The number of aromatic nitrogens is 3. The molecule has 5 nitrogen and oxygen atoms in total. The lowest BCUT2D eigenvalue weighted by Crippen LogP contribution is -2.33. The van der Waals surface area contributed by atoms with Crippen LogP contribution in [-0.4, -0.2) is 14.5 Å². The highest BCUT2D eigenvalue weighted by molar-refractivity contribution is 6.35. The van der Waals surface area contributed by atoms with Gasteiger partial charge in [-0.15, -0.1) is 0 Å². The van der Waals surface area contributed by atoms with Crippen molar-refractivity contribution in [3.8, 4) is 29.0 Å². The molecule has 3 heterocycles. The van der Waals surface area contributed by atoms with E-state index in [2.05, 4.69) is 132 Å². The molecule has 0 fully saturated rings. The van der Waals surface area contributed by atoms with Crippen LogP contribution >= 0.6 is 0 Å². The third-order valence-corrected chi connectivity index (χ3v) is 10.7. The second-order valence-corrected chi connectivity index (χ2v) is 12.7. The minimum Gasteiger partial charge on any atom is -0.309 e. The highest BCUT2D eigenvalue weighted by atomic mass is 15.0. The summed E-state index contributed by atoms with van der Waals surface area (Å²) in [4.78, 5) is 9.73. The van der Waals surface area contributed by atoms with Gasteiger partial charge >= 0.3 is 0 Å². The maximum absolute atomic E-state index is 10.1. The molecular formula is C43H21N5. The van der Waals surface area contributed by atoms with Gasteiger partial charge in [0.15, 0.2) is 11.4 Å². The van der Waals surface area contributed by atoms with E-state index in [0.717, 1.165) is 43.5 Å². The minimum absolute atomic E-state index is 0.0365. The SMILES string of the molecule is N#Cc1nc2c3ccccc3c3c(cc4c5c3c3ccccc3n5-c3ccccc3C43c4ccccc4-c4ccccc43)c2nc1C#N. The molecule has 0 unspecified atom stereocenters. The zero-order valence-electron chi connectivity index (χ0n) is 25.4. The van der Waals surface area contributed by atoms with Gasteiger partial charge in [0.25, 0.3) is 0 Å². The lowest BCUT2D eigenvalue weighted by Gasteiger charge is -2.40. The number of rotatable bonds is 0. The molecule has 11 rings (SSSR count). The number of benzene rings is 7. The first kappa shape index (κ1) is 25.4. The fraction of sp³-hybridized carbons (Fsp3) is 0.0233. The van der Waals surface area contributed by atoms with Crippen molar-refractivity contribution in [2.75, 3.05) is 0 Å². The Morgan fingerprint density at radius 3 is 1.73 bits per heavy atom. The van der Waals surface area contributed by atoms with Crippen LogP contribution in [0.2, 0.25) is 0 Å². The van der Waals surface area contributed by atoms with Crippen LogP contribution in [0.4, 0.5) is 0 Å². The molecule has 1 spiro atoms. The van der Waals surface area contributed by atoms with Crippen LogP contribution in [0, 0.1) is 22.7 Å². The molecule has 1 aliphatic heterocycles. The summed E-state index contributed by atoms with van der Waals surface area (Å²) in [7, 11) is 0. The van der Waals surface area contributed by atoms with Crippen molar-refractivity contribution in [2.24, 2.45) is 0 Å². The summed E-state index contributed by atoms with van der Waals surface area (Å²) in [5, 5.41) is 26.3. The molecule has 0 bridgehead atoms. The van der Waals surface area contributed by atoms with Crippen molar-refractivity contribution in [1.29, 1.82) is 10.5 Å². The summed E-state index contributed by atoms with van der Waals surface area (Å²) < 4.78 is 2.45. The van der Waals surface area contributed by atoms with E-state index in [-0.39, 0.29) is 11.4 Å². The van der Waals surface area contributed by atoms with Gasteiger partial charge in [-0.2, -0.15) is 10.5 Å². The Morgan fingerprint density at radius 1 is 0.500 bits per heavy atom. The summed E-state index contributed by atoms with van der Waals surface area (Å²) in [6.45, 7) is 0. The molecule has 218 valence electrons. The predicted molar refractivity (Wildman–Crippen MR) is 189 cm³/mol. The van der Waals surface area contributed by atoms with Crippen LogP contribution in [-0.2, 0) is 5.41 Å². The maximum Gasteiger partial charge on any atom is 0.177 e. The van der Waals surface area contributed by atoms with Gasteiger partial charge in [0, 0.05) is 26.9 Å². The summed E-state index contributed by atoms with van der Waals surface area (Å²) in [5.41, 5.74) is 11.5. The Kier molecular flexibility index (Phi) is 4.60. The topological polar surface area (TPSA) is 78.3 Å². The van der Waals surface area contributed by atoms with Gasteiger partial charge in [0.2, 0.25) is 0 Å². The highest BCUT2D eigenvalue weighted by Crippen LogP contribution is 2.62. The fourth-order valence-electron chi connectivity index (χ4n) is 8.99. The van der Waals surface area contributed by atoms with Crippen LogP contribution < -0.4 is 0 Å². The molecule has 48 heavy (non-hydrogen) atoms. The van der Waals surface area contributed by atoms with Gasteiger partial charge in [-0.05, 0) is 57.0 Å². The molecule has 2 aromatic heterocycles. The lowest BCUT2D eigenvalue weighted by atomic mass is 9.65. The van der Waals surface area contributed by atoms with Gasteiger partial charge in [-0.1, -0.05) is 109 Å². The largest absolute Gasteiger partial charge is 0.309 e. The summed E-state index contributed by atoms with van der Waals surface area (Å²) >= 11 is 0. The Labute approximate surface area is 274 Å². The Hall–Kier alpha value is -6.82. The van der Waals surface area contributed by atoms with Gasteiger partial charge < -0.3 is 4.57 Å². The zero-order chi connectivity index (χ0) is 31.7. The number of hydrogen-bond donors (Lipinski definition) is 0. The van der Waals surface area contributed by atoms with E-state index in [9.17, 15) is 10.5 Å². The quantitative estimate of drug-likeness (QED) is 0.161. The number of fused-ring (bicyclic) bond motifs is 19. The zero-order valence-corrected chi connectivity index (χ0v) is 25.4. The van der Waals surface area contributed by atoms with Crippen molar-refractivity contribution >= 4 is 54.4 Å². The van der Waals surface area contributed by atoms with E-state index >= 15 is 0 Å². The van der Waals surface area contributed by atoms with Crippen LogP contribution in [0.15, 0.2) is 127 Å². The Bertz CT molecular complexity index is 3000. The second-order valence-electron chi connectivity index (χ2n) is 12.7. The highest BCUT2D eigenvalue weighted by Gasteiger charge is 2.51. The van der Waals surface area contributed by atoms with Gasteiger partial charge in [-0.25, -0.2) is 9.97 Å². The molecule has 0 saturated heterocycles. The average molecular weight is 608 g/mol. The van der Waals surface area contributed by atoms with E-state index in [1.54, 1.807) is 0 Å². The van der Waals surface area contributed by atoms with Crippen LogP contribution in [0.1, 0.15) is 33.6 Å². The first-order valence-corrected chi connectivity index (χ1v) is 16.0. The molecule has 1 aliphatic carbocycles. The molecule has 0 radical (unpaired) electrons. The van der Waals surface area contributed by atoms with E-state index in [1.165, 1.54) is 38.9 Å². The number of hydrogen-bond acceptors (Lipinski definition) is 4. The summed E-state index contributed by atoms with van der Waals surface area (Å²) in [6.07, 6.45) is 0. The third-order valence-electron chi connectivity index (χ3n) is 10.7. The van der Waals surface area contributed by atoms with Crippen molar-refractivity contribution in [1.82, 2.24) is 14.5 Å². The molecule has 0 N–H and O–H groups in total. The molecule has 0 amide bonds. The minimum atomic E-state index is -0.614. The molecule has 5 heteroatoms. The van der Waals surface area contributed by atoms with Gasteiger partial charge in [-0.3, -0.25) is 0 Å². The molecular weight excluding hydrogens is 587 g/mol. The van der Waals surface area contributed by atoms with E-state index in [0.29, 0.717) is 11.0 Å². The second kappa shape index (κ2) is 8.70. The van der Waals surface area contributed by atoms with Gasteiger partial charge in [0.05, 0.1) is 33.2 Å². The van der Waals surface area contributed by atoms with E-state index in [4.69, 9.17) is 9.97 Å². The van der Waals surface area contributed by atoms with Crippen LogP contribution in [0.3, 0.4) is 0 Å². The molecule has 2 aliphatic rings. The smallest absolute Gasteiger partial charge is 0.177 e. The Morgan fingerprint density at radius 2 is 1.04 bits per heavy atom. The van der Waals surface area contributed by atoms with E-state index in [1.807, 2.05) is 12.1 Å². The first-order valence-electron chi connectivity index (χ1n) is 16.0. The molecule has 0 saturated carbocycles. The number of para-hydroxylation sites is 2. The Balaban J connectivity index is 1.50. The number of nitriles is 2. The summed E-state index contributed by atoms with van der Waals surface area (Å²) in [5.74, 6) is 0. The van der Waals surface area contributed by atoms with Crippen molar-refractivity contribution in [2.45, 2.75) is 5.41 Å². The standard InChI is InChI=1S/C43H21N5/c44-22-34-35(23-45)47-41-29-21-33-42-39(38(29)26-13-1-2-14-27(26)40(41)46-34)28-15-5-9-19-36(28)48(42)37-20-10-8-18-32(37)43(33)30-16-6-3-11-24(30)25-12-4-7-17-31(25)43/h1-21H. The normalized spacial score (nSPS) is 13.5. The molecule has 0 atom stereocenters. The monoisotopic (exact) mass is 607 g/mol.